The molecule has 6 nitrogen and oxygen atoms in total. The van der Waals surface area contributed by atoms with E-state index in [1.807, 2.05) is 10.8 Å². The maximum Gasteiger partial charge on any atom is 0.230 e. The van der Waals surface area contributed by atoms with Gasteiger partial charge in [-0.15, -0.1) is 0 Å². The molecule has 1 atom stereocenters. The molecule has 0 aliphatic heterocycles. The van der Waals surface area contributed by atoms with Crippen LogP contribution in [0.15, 0.2) is 40.4 Å². The summed E-state index contributed by atoms with van der Waals surface area (Å²) in [7, 11) is 0. The second kappa shape index (κ2) is 7.02. The quantitative estimate of drug-likeness (QED) is 0.796. The van der Waals surface area contributed by atoms with E-state index in [0.717, 1.165) is 5.16 Å². The molecule has 1 unspecified atom stereocenters. The van der Waals surface area contributed by atoms with E-state index in [9.17, 15) is 9.90 Å². The van der Waals surface area contributed by atoms with Crippen LogP contribution in [0.1, 0.15) is 32.6 Å². The van der Waals surface area contributed by atoms with Gasteiger partial charge in [0.15, 0.2) is 5.16 Å². The molecule has 2 N–H and O–H groups in total. The molecular formula is C15H21N3O3S. The molecule has 22 heavy (non-hydrogen) atoms. The summed E-state index contributed by atoms with van der Waals surface area (Å²) < 4.78 is 7.11. The maximum atomic E-state index is 11.9. The number of thioether (sulfide) groups is 1. The van der Waals surface area contributed by atoms with Crippen LogP contribution < -0.4 is 5.32 Å². The van der Waals surface area contributed by atoms with Gasteiger partial charge < -0.3 is 19.4 Å². The summed E-state index contributed by atoms with van der Waals surface area (Å²) in [4.78, 5) is 16.1. The van der Waals surface area contributed by atoms with Crippen molar-refractivity contribution in [1.82, 2.24) is 14.9 Å². The van der Waals surface area contributed by atoms with Gasteiger partial charge in [-0.3, -0.25) is 4.79 Å². The van der Waals surface area contributed by atoms with E-state index >= 15 is 0 Å². The van der Waals surface area contributed by atoms with Crippen molar-refractivity contribution in [2.45, 2.75) is 37.6 Å². The summed E-state index contributed by atoms with van der Waals surface area (Å²) in [5.74, 6) is 0.535. The number of nitrogens with zero attached hydrogens (tertiary/aromatic N) is 2. The lowest BCUT2D eigenvalue weighted by Crippen LogP contribution is -2.30. The number of carbonyl (C=O) groups excluding carboxylic acids is 1. The molecule has 2 rings (SSSR count). The summed E-state index contributed by atoms with van der Waals surface area (Å²) in [5.41, 5.74) is -0.0786. The van der Waals surface area contributed by atoms with Crippen LogP contribution in [-0.2, 0) is 10.3 Å². The normalized spacial score (nSPS) is 13.1. The van der Waals surface area contributed by atoms with Crippen molar-refractivity contribution >= 4 is 17.7 Å². The van der Waals surface area contributed by atoms with E-state index in [0.29, 0.717) is 5.76 Å². The SMILES string of the molecule is CC(C)(C)n1ccnc1SCC(=O)NCC(O)c1ccco1. The lowest BCUT2D eigenvalue weighted by atomic mass is 10.1. The monoisotopic (exact) mass is 323 g/mol. The Labute approximate surface area is 133 Å². The minimum absolute atomic E-state index is 0.0786. The Morgan fingerprint density at radius 3 is 2.95 bits per heavy atom. The number of carbonyl (C=O) groups is 1. The predicted octanol–water partition coefficient (Wildman–Crippen LogP) is 2.17. The molecule has 0 bridgehead atoms. The largest absolute Gasteiger partial charge is 0.467 e. The van der Waals surface area contributed by atoms with Gasteiger partial charge in [0, 0.05) is 17.9 Å². The number of hydrogen-bond donors (Lipinski definition) is 2. The second-order valence-corrected chi connectivity index (χ2v) is 6.82. The topological polar surface area (TPSA) is 80.3 Å². The fourth-order valence-electron chi connectivity index (χ4n) is 1.88. The number of aromatic nitrogens is 2. The summed E-state index contributed by atoms with van der Waals surface area (Å²) in [5, 5.41) is 13.3. The lowest BCUT2D eigenvalue weighted by Gasteiger charge is -2.22. The molecule has 0 saturated heterocycles. The van der Waals surface area contributed by atoms with Crippen molar-refractivity contribution in [1.29, 1.82) is 0 Å². The Morgan fingerprint density at radius 1 is 1.55 bits per heavy atom. The van der Waals surface area contributed by atoms with Gasteiger partial charge in [0.2, 0.25) is 5.91 Å². The van der Waals surface area contributed by atoms with Crippen molar-refractivity contribution in [3.63, 3.8) is 0 Å². The standard InChI is InChI=1S/C15H21N3O3S/c1-15(2,3)18-7-6-16-14(18)22-10-13(20)17-9-11(19)12-5-4-8-21-12/h4-8,11,19H,9-10H2,1-3H3,(H,17,20). The zero-order valence-electron chi connectivity index (χ0n) is 12.9. The summed E-state index contributed by atoms with van der Waals surface area (Å²) in [6.07, 6.45) is 4.29. The van der Waals surface area contributed by atoms with E-state index in [-0.39, 0.29) is 23.7 Å². The third-order valence-electron chi connectivity index (χ3n) is 3.03. The van der Waals surface area contributed by atoms with Crippen molar-refractivity contribution in [2.75, 3.05) is 12.3 Å². The van der Waals surface area contributed by atoms with Crippen molar-refractivity contribution in [2.24, 2.45) is 0 Å². The van der Waals surface area contributed by atoms with Gasteiger partial charge in [0.25, 0.3) is 0 Å². The third kappa shape index (κ3) is 4.38. The smallest absolute Gasteiger partial charge is 0.230 e. The summed E-state index contributed by atoms with van der Waals surface area (Å²) in [6.45, 7) is 6.37. The molecule has 0 spiro atoms. The zero-order chi connectivity index (χ0) is 16.2. The molecule has 0 aliphatic rings. The highest BCUT2D eigenvalue weighted by atomic mass is 32.2. The number of aliphatic hydroxyl groups is 1. The van der Waals surface area contributed by atoms with Gasteiger partial charge >= 0.3 is 0 Å². The molecule has 0 aliphatic carbocycles. The zero-order valence-corrected chi connectivity index (χ0v) is 13.8. The first-order valence-corrected chi connectivity index (χ1v) is 8.01. The van der Waals surface area contributed by atoms with Crippen molar-refractivity contribution in [3.8, 4) is 0 Å². The molecule has 0 radical (unpaired) electrons. The van der Waals surface area contributed by atoms with Crippen LogP contribution in [0.5, 0.6) is 0 Å². The number of rotatable bonds is 6. The van der Waals surface area contributed by atoms with Crippen LogP contribution in [0.25, 0.3) is 0 Å². The fraction of sp³-hybridized carbons (Fsp3) is 0.467. The number of aliphatic hydroxyl groups excluding tert-OH is 1. The number of hydrogen-bond acceptors (Lipinski definition) is 5. The first-order valence-electron chi connectivity index (χ1n) is 7.02. The number of furan rings is 1. The summed E-state index contributed by atoms with van der Waals surface area (Å²) >= 11 is 1.37. The Kier molecular flexibility index (Phi) is 5.31. The Balaban J connectivity index is 1.80. The summed E-state index contributed by atoms with van der Waals surface area (Å²) in [6, 6.07) is 3.37. The first-order chi connectivity index (χ1) is 10.4. The van der Waals surface area contributed by atoms with Gasteiger partial charge in [-0.25, -0.2) is 4.98 Å². The molecule has 0 saturated carbocycles. The number of nitrogens with one attached hydrogen (secondary N) is 1. The lowest BCUT2D eigenvalue weighted by molar-refractivity contribution is -0.119. The van der Waals surface area contributed by atoms with Gasteiger partial charge in [-0.05, 0) is 32.9 Å². The van der Waals surface area contributed by atoms with Crippen LogP contribution in [0.4, 0.5) is 0 Å². The van der Waals surface area contributed by atoms with Crippen LogP contribution in [-0.4, -0.2) is 32.9 Å². The molecule has 2 aromatic heterocycles. The van der Waals surface area contributed by atoms with Crippen molar-refractivity contribution in [3.05, 3.63) is 36.5 Å². The minimum Gasteiger partial charge on any atom is -0.467 e. The van der Waals surface area contributed by atoms with E-state index < -0.39 is 6.10 Å². The molecule has 2 aromatic rings. The highest BCUT2D eigenvalue weighted by Crippen LogP contribution is 2.23. The maximum absolute atomic E-state index is 11.9. The van der Waals surface area contributed by atoms with Crippen LogP contribution in [0.3, 0.4) is 0 Å². The molecule has 120 valence electrons. The van der Waals surface area contributed by atoms with E-state index in [4.69, 9.17) is 4.42 Å². The number of imidazole rings is 1. The molecule has 0 aromatic carbocycles. The van der Waals surface area contributed by atoms with E-state index in [1.165, 1.54) is 18.0 Å². The van der Waals surface area contributed by atoms with Crippen molar-refractivity contribution < 1.29 is 14.3 Å². The average molecular weight is 323 g/mol. The Hall–Kier alpha value is -1.73. The van der Waals surface area contributed by atoms with Gasteiger partial charge in [-0.2, -0.15) is 0 Å². The van der Waals surface area contributed by atoms with Crippen LogP contribution in [0.2, 0.25) is 0 Å². The molecule has 7 heteroatoms. The third-order valence-corrected chi connectivity index (χ3v) is 3.99. The molecular weight excluding hydrogens is 302 g/mol. The fourth-order valence-corrected chi connectivity index (χ4v) is 2.85. The Morgan fingerprint density at radius 2 is 2.32 bits per heavy atom. The van der Waals surface area contributed by atoms with Crippen LogP contribution >= 0.6 is 11.8 Å². The van der Waals surface area contributed by atoms with E-state index in [1.54, 1.807) is 18.3 Å². The highest BCUT2D eigenvalue weighted by Gasteiger charge is 2.18. The van der Waals surface area contributed by atoms with Crippen LogP contribution in [0, 0.1) is 0 Å². The van der Waals surface area contributed by atoms with Gasteiger partial charge in [-0.1, -0.05) is 11.8 Å². The molecule has 0 fully saturated rings. The van der Waals surface area contributed by atoms with Gasteiger partial charge in [0.05, 0.1) is 18.6 Å². The number of amides is 1. The minimum atomic E-state index is -0.833. The van der Waals surface area contributed by atoms with E-state index in [2.05, 4.69) is 31.1 Å². The molecule has 1 amide bonds. The first kappa shape index (κ1) is 16.6. The predicted molar refractivity (Wildman–Crippen MR) is 84.6 cm³/mol. The average Bonchev–Trinajstić information content (AvgIpc) is 3.11. The Bertz CT molecular complexity index is 602. The molecule has 2 heterocycles. The highest BCUT2D eigenvalue weighted by molar-refractivity contribution is 7.99. The van der Waals surface area contributed by atoms with Gasteiger partial charge in [0.1, 0.15) is 11.9 Å². The second-order valence-electron chi connectivity index (χ2n) is 5.87.